The van der Waals surface area contributed by atoms with Gasteiger partial charge in [0, 0.05) is 37.2 Å². The fraction of sp³-hybridized carbons (Fsp3) is 0.185. The van der Waals surface area contributed by atoms with E-state index in [0.717, 1.165) is 41.2 Å². The maximum Gasteiger partial charge on any atom is 0.253 e. The molecule has 0 fully saturated rings. The maximum atomic E-state index is 12.7. The number of amides is 1. The average molecular weight is 427 g/mol. The van der Waals surface area contributed by atoms with Gasteiger partial charge in [-0.2, -0.15) is 0 Å². The average Bonchev–Trinajstić information content (AvgIpc) is 3.33. The number of ether oxygens (including phenoxy) is 1. The molecule has 0 aliphatic heterocycles. The Hall–Kier alpha value is -3.86. The number of hydrogen-bond donors (Lipinski definition) is 0. The molecule has 0 saturated heterocycles. The summed E-state index contributed by atoms with van der Waals surface area (Å²) in [5.41, 5.74) is 3.62. The van der Waals surface area contributed by atoms with Crippen LogP contribution in [0.1, 0.15) is 28.1 Å². The minimum Gasteiger partial charge on any atom is -0.489 e. The molecule has 0 saturated carbocycles. The van der Waals surface area contributed by atoms with Crippen LogP contribution in [0.4, 0.5) is 0 Å². The highest BCUT2D eigenvalue weighted by atomic mass is 16.5. The lowest BCUT2D eigenvalue weighted by Gasteiger charge is -2.17. The summed E-state index contributed by atoms with van der Waals surface area (Å²) >= 11 is 0. The fourth-order valence-electron chi connectivity index (χ4n) is 3.42. The molecule has 0 radical (unpaired) electrons. The van der Waals surface area contributed by atoms with Crippen molar-refractivity contribution in [3.05, 3.63) is 108 Å². The van der Waals surface area contributed by atoms with Gasteiger partial charge in [-0.05, 0) is 36.2 Å². The summed E-state index contributed by atoms with van der Waals surface area (Å²) in [7, 11) is 1.82. The number of carbonyl (C=O) groups is 1. The van der Waals surface area contributed by atoms with Crippen molar-refractivity contribution in [3.8, 4) is 17.0 Å². The third kappa shape index (κ3) is 5.64. The van der Waals surface area contributed by atoms with Gasteiger partial charge in [0.1, 0.15) is 23.8 Å². The van der Waals surface area contributed by atoms with Crippen molar-refractivity contribution in [3.63, 3.8) is 0 Å². The second-order valence-corrected chi connectivity index (χ2v) is 7.67. The van der Waals surface area contributed by atoms with E-state index < -0.39 is 0 Å². The van der Waals surface area contributed by atoms with Gasteiger partial charge in [-0.1, -0.05) is 65.8 Å². The van der Waals surface area contributed by atoms with E-state index in [1.807, 2.05) is 98.0 Å². The van der Waals surface area contributed by atoms with Crippen LogP contribution in [0.3, 0.4) is 0 Å². The van der Waals surface area contributed by atoms with Gasteiger partial charge in [0.05, 0.1) is 0 Å². The van der Waals surface area contributed by atoms with Crippen LogP contribution in [0.5, 0.6) is 5.75 Å². The molecule has 3 aromatic carbocycles. The number of hydrogen-bond acceptors (Lipinski definition) is 4. The Morgan fingerprint density at radius 3 is 2.34 bits per heavy atom. The monoisotopic (exact) mass is 426 g/mol. The molecule has 32 heavy (non-hydrogen) atoms. The molecule has 5 nitrogen and oxygen atoms in total. The first-order chi connectivity index (χ1) is 15.7. The van der Waals surface area contributed by atoms with Crippen LogP contribution in [0.2, 0.25) is 0 Å². The first-order valence-electron chi connectivity index (χ1n) is 10.7. The van der Waals surface area contributed by atoms with Gasteiger partial charge in [-0.15, -0.1) is 0 Å². The summed E-state index contributed by atoms with van der Waals surface area (Å²) in [5.74, 6) is 1.55. The summed E-state index contributed by atoms with van der Waals surface area (Å²) in [6.07, 6.45) is 1.52. The van der Waals surface area contributed by atoms with E-state index in [4.69, 9.17) is 9.26 Å². The Morgan fingerprint density at radius 2 is 1.62 bits per heavy atom. The standard InChI is InChI=1S/C27H26N2O3/c1-29(18-8-13-25-19-26(28-32-25)22-11-6-3-7-12-22)27(30)23-14-16-24(17-15-23)31-20-21-9-4-2-5-10-21/h2-7,9-12,14-17,19H,8,13,18,20H2,1H3. The first kappa shape index (κ1) is 21.4. The van der Waals surface area contributed by atoms with Crippen LogP contribution in [-0.2, 0) is 13.0 Å². The van der Waals surface area contributed by atoms with E-state index in [-0.39, 0.29) is 5.91 Å². The summed E-state index contributed by atoms with van der Waals surface area (Å²) in [5, 5.41) is 4.14. The van der Waals surface area contributed by atoms with Crippen LogP contribution in [0.15, 0.2) is 95.5 Å². The molecule has 1 aromatic heterocycles. The number of aryl methyl sites for hydroxylation is 1. The zero-order valence-corrected chi connectivity index (χ0v) is 18.1. The topological polar surface area (TPSA) is 55.6 Å². The molecule has 162 valence electrons. The molecule has 0 aliphatic carbocycles. The minimum atomic E-state index is -0.0119. The molecule has 4 rings (SSSR count). The lowest BCUT2D eigenvalue weighted by atomic mass is 10.1. The van der Waals surface area contributed by atoms with Gasteiger partial charge < -0.3 is 14.2 Å². The minimum absolute atomic E-state index is 0.0119. The Kier molecular flexibility index (Phi) is 6.98. The van der Waals surface area contributed by atoms with Crippen molar-refractivity contribution in [2.24, 2.45) is 0 Å². The van der Waals surface area contributed by atoms with Gasteiger partial charge in [0.15, 0.2) is 0 Å². The molecule has 0 bridgehead atoms. The van der Waals surface area contributed by atoms with Crippen LogP contribution in [0.25, 0.3) is 11.3 Å². The van der Waals surface area contributed by atoms with Crippen molar-refractivity contribution in [1.29, 1.82) is 0 Å². The van der Waals surface area contributed by atoms with Gasteiger partial charge in [-0.3, -0.25) is 4.79 Å². The Bertz CT molecular complexity index is 1120. The van der Waals surface area contributed by atoms with E-state index in [0.29, 0.717) is 18.7 Å². The SMILES string of the molecule is CN(CCCc1cc(-c2ccccc2)no1)C(=O)c1ccc(OCc2ccccc2)cc1. The maximum absolute atomic E-state index is 12.7. The van der Waals surface area contributed by atoms with E-state index in [1.54, 1.807) is 4.90 Å². The third-order valence-electron chi connectivity index (χ3n) is 5.24. The molecule has 5 heteroatoms. The number of rotatable bonds is 9. The Labute approximate surface area is 188 Å². The number of benzene rings is 3. The molecule has 1 amide bonds. The molecule has 1 heterocycles. The molecular weight excluding hydrogens is 400 g/mol. The number of aromatic nitrogens is 1. The highest BCUT2D eigenvalue weighted by molar-refractivity contribution is 5.94. The van der Waals surface area contributed by atoms with Crippen LogP contribution in [0, 0.1) is 0 Å². The van der Waals surface area contributed by atoms with E-state index in [9.17, 15) is 4.79 Å². The summed E-state index contributed by atoms with van der Waals surface area (Å²) in [4.78, 5) is 14.4. The van der Waals surface area contributed by atoms with E-state index in [2.05, 4.69) is 5.16 Å². The molecule has 0 atom stereocenters. The molecular formula is C27H26N2O3. The summed E-state index contributed by atoms with van der Waals surface area (Å²) < 4.78 is 11.2. The zero-order chi connectivity index (χ0) is 22.2. The zero-order valence-electron chi connectivity index (χ0n) is 18.1. The largest absolute Gasteiger partial charge is 0.489 e. The molecule has 4 aromatic rings. The van der Waals surface area contributed by atoms with Crippen molar-refractivity contribution in [2.45, 2.75) is 19.4 Å². The van der Waals surface area contributed by atoms with Gasteiger partial charge in [0.2, 0.25) is 0 Å². The van der Waals surface area contributed by atoms with Crippen LogP contribution < -0.4 is 4.74 Å². The highest BCUT2D eigenvalue weighted by Gasteiger charge is 2.13. The Morgan fingerprint density at radius 1 is 0.938 bits per heavy atom. The number of nitrogens with zero attached hydrogens (tertiary/aromatic N) is 2. The fourth-order valence-corrected chi connectivity index (χ4v) is 3.42. The third-order valence-corrected chi connectivity index (χ3v) is 5.24. The van der Waals surface area contributed by atoms with E-state index in [1.165, 1.54) is 0 Å². The van der Waals surface area contributed by atoms with Crippen LogP contribution >= 0.6 is 0 Å². The normalized spacial score (nSPS) is 10.7. The number of carbonyl (C=O) groups excluding carboxylic acids is 1. The molecule has 0 spiro atoms. The predicted molar refractivity (Wildman–Crippen MR) is 124 cm³/mol. The predicted octanol–water partition coefficient (Wildman–Crippen LogP) is 5.63. The van der Waals surface area contributed by atoms with Gasteiger partial charge in [0.25, 0.3) is 5.91 Å². The molecule has 0 aliphatic rings. The lowest BCUT2D eigenvalue weighted by Crippen LogP contribution is -2.27. The quantitative estimate of drug-likeness (QED) is 0.348. The van der Waals surface area contributed by atoms with Crippen LogP contribution in [-0.4, -0.2) is 29.6 Å². The first-order valence-corrected chi connectivity index (χ1v) is 10.7. The summed E-state index contributed by atoms with van der Waals surface area (Å²) in [6, 6.07) is 29.2. The summed E-state index contributed by atoms with van der Waals surface area (Å²) in [6.45, 7) is 1.13. The Balaban J connectivity index is 1.24. The van der Waals surface area contributed by atoms with E-state index >= 15 is 0 Å². The lowest BCUT2D eigenvalue weighted by molar-refractivity contribution is 0.0792. The van der Waals surface area contributed by atoms with Crippen molar-refractivity contribution < 1.29 is 14.1 Å². The smallest absolute Gasteiger partial charge is 0.253 e. The second kappa shape index (κ2) is 10.4. The highest BCUT2D eigenvalue weighted by Crippen LogP contribution is 2.20. The van der Waals surface area contributed by atoms with Crippen molar-refractivity contribution >= 4 is 5.91 Å². The molecule has 0 N–H and O–H groups in total. The molecule has 0 unspecified atom stereocenters. The van der Waals surface area contributed by atoms with Gasteiger partial charge in [-0.25, -0.2) is 0 Å². The van der Waals surface area contributed by atoms with Crippen molar-refractivity contribution in [1.82, 2.24) is 10.1 Å². The second-order valence-electron chi connectivity index (χ2n) is 7.67. The van der Waals surface area contributed by atoms with Crippen molar-refractivity contribution in [2.75, 3.05) is 13.6 Å². The van der Waals surface area contributed by atoms with Gasteiger partial charge >= 0.3 is 0 Å².